The van der Waals surface area contributed by atoms with E-state index in [1.54, 1.807) is 11.3 Å². The van der Waals surface area contributed by atoms with Crippen LogP contribution in [0.5, 0.6) is 0 Å². The quantitative estimate of drug-likeness (QED) is 0.817. The highest BCUT2D eigenvalue weighted by Crippen LogP contribution is 2.12. The number of amides is 1. The van der Waals surface area contributed by atoms with Crippen molar-refractivity contribution in [3.63, 3.8) is 0 Å². The first kappa shape index (κ1) is 10.6. The predicted molar refractivity (Wildman–Crippen MR) is 59.7 cm³/mol. The van der Waals surface area contributed by atoms with Gasteiger partial charge < -0.3 is 10.6 Å². The zero-order valence-corrected chi connectivity index (χ0v) is 9.59. The maximum atomic E-state index is 11.4. The van der Waals surface area contributed by atoms with Gasteiger partial charge in [-0.2, -0.15) is 0 Å². The van der Waals surface area contributed by atoms with E-state index in [0.29, 0.717) is 13.0 Å². The fourth-order valence-corrected chi connectivity index (χ4v) is 2.44. The minimum absolute atomic E-state index is 0.0228. The lowest BCUT2D eigenvalue weighted by Crippen LogP contribution is -2.30. The van der Waals surface area contributed by atoms with Crippen LogP contribution >= 0.6 is 11.3 Å². The summed E-state index contributed by atoms with van der Waals surface area (Å²) in [4.78, 5) is 17.6. The highest BCUT2D eigenvalue weighted by Gasteiger charge is 2.26. The molecule has 0 spiro atoms. The van der Waals surface area contributed by atoms with E-state index in [1.807, 2.05) is 11.8 Å². The Bertz CT molecular complexity index is 363. The first-order valence-electron chi connectivity index (χ1n) is 5.09. The van der Waals surface area contributed by atoms with E-state index in [-0.39, 0.29) is 11.9 Å². The molecule has 0 aliphatic carbocycles. The lowest BCUT2D eigenvalue weighted by Gasteiger charge is -2.14. The molecule has 1 unspecified atom stereocenters. The van der Waals surface area contributed by atoms with Gasteiger partial charge in [0, 0.05) is 37.4 Å². The summed E-state index contributed by atoms with van der Waals surface area (Å²) in [6, 6.07) is 0.0228. The second-order valence-electron chi connectivity index (χ2n) is 3.91. The number of nitrogens with two attached hydrogens (primary N) is 1. The minimum Gasteiger partial charge on any atom is -0.341 e. The summed E-state index contributed by atoms with van der Waals surface area (Å²) < 4.78 is 0. The smallest absolute Gasteiger partial charge is 0.224 e. The van der Waals surface area contributed by atoms with Gasteiger partial charge in [-0.15, -0.1) is 11.3 Å². The number of aryl methyl sites for hydroxylation is 1. The summed E-state index contributed by atoms with van der Waals surface area (Å²) in [5.74, 6) is 0.175. The molecule has 2 heterocycles. The first-order chi connectivity index (χ1) is 7.15. The van der Waals surface area contributed by atoms with Crippen molar-refractivity contribution in [2.24, 2.45) is 5.73 Å². The topological polar surface area (TPSA) is 59.2 Å². The molecule has 1 aliphatic heterocycles. The van der Waals surface area contributed by atoms with E-state index in [0.717, 1.165) is 23.7 Å². The van der Waals surface area contributed by atoms with Crippen LogP contribution in [0.2, 0.25) is 0 Å². The summed E-state index contributed by atoms with van der Waals surface area (Å²) in [5.41, 5.74) is 6.79. The Kier molecular flexibility index (Phi) is 3.02. The lowest BCUT2D eigenvalue weighted by molar-refractivity contribution is -0.127. The summed E-state index contributed by atoms with van der Waals surface area (Å²) in [5, 5.41) is 3.13. The van der Waals surface area contributed by atoms with Crippen LogP contribution in [0.15, 0.2) is 5.38 Å². The molecule has 82 valence electrons. The molecule has 1 aliphatic rings. The molecule has 0 bridgehead atoms. The SMILES string of the molecule is Cc1nc(CCN2CC(N)CC2=O)cs1. The van der Waals surface area contributed by atoms with Crippen molar-refractivity contribution >= 4 is 17.2 Å². The normalized spacial score (nSPS) is 21.3. The molecular formula is C10H15N3OS. The number of hydrogen-bond donors (Lipinski definition) is 1. The first-order valence-corrected chi connectivity index (χ1v) is 5.97. The molecule has 0 saturated carbocycles. The van der Waals surface area contributed by atoms with Crippen LogP contribution in [0.25, 0.3) is 0 Å². The highest BCUT2D eigenvalue weighted by atomic mass is 32.1. The van der Waals surface area contributed by atoms with Crippen molar-refractivity contribution in [1.29, 1.82) is 0 Å². The molecule has 5 heteroatoms. The van der Waals surface area contributed by atoms with Gasteiger partial charge in [0.25, 0.3) is 0 Å². The van der Waals surface area contributed by atoms with Gasteiger partial charge in [-0.25, -0.2) is 4.98 Å². The maximum absolute atomic E-state index is 11.4. The second kappa shape index (κ2) is 4.28. The number of thiazole rings is 1. The van der Waals surface area contributed by atoms with Crippen LogP contribution in [0.3, 0.4) is 0 Å². The van der Waals surface area contributed by atoms with Gasteiger partial charge in [0.15, 0.2) is 0 Å². The van der Waals surface area contributed by atoms with Gasteiger partial charge in [-0.3, -0.25) is 4.79 Å². The van der Waals surface area contributed by atoms with Crippen molar-refractivity contribution in [2.45, 2.75) is 25.8 Å². The summed E-state index contributed by atoms with van der Waals surface area (Å²) in [7, 11) is 0. The molecule has 15 heavy (non-hydrogen) atoms. The van der Waals surface area contributed by atoms with E-state index in [4.69, 9.17) is 5.73 Å². The third-order valence-electron chi connectivity index (χ3n) is 2.55. The third kappa shape index (κ3) is 2.54. The van der Waals surface area contributed by atoms with Gasteiger partial charge in [0.1, 0.15) is 0 Å². The molecule has 2 rings (SSSR count). The Morgan fingerprint density at radius 3 is 3.07 bits per heavy atom. The van der Waals surface area contributed by atoms with Crippen LogP contribution in [-0.4, -0.2) is 34.9 Å². The van der Waals surface area contributed by atoms with Crippen molar-refractivity contribution in [1.82, 2.24) is 9.88 Å². The highest BCUT2D eigenvalue weighted by molar-refractivity contribution is 7.09. The zero-order chi connectivity index (χ0) is 10.8. The third-order valence-corrected chi connectivity index (χ3v) is 3.37. The summed E-state index contributed by atoms with van der Waals surface area (Å²) in [6.07, 6.45) is 1.33. The summed E-state index contributed by atoms with van der Waals surface area (Å²) in [6.45, 7) is 3.43. The maximum Gasteiger partial charge on any atom is 0.224 e. The Hall–Kier alpha value is -0.940. The van der Waals surface area contributed by atoms with Crippen molar-refractivity contribution in [2.75, 3.05) is 13.1 Å². The van der Waals surface area contributed by atoms with E-state index in [2.05, 4.69) is 10.4 Å². The fourth-order valence-electron chi connectivity index (χ4n) is 1.79. The number of carbonyl (C=O) groups is 1. The largest absolute Gasteiger partial charge is 0.341 e. The Morgan fingerprint density at radius 1 is 1.73 bits per heavy atom. The number of rotatable bonds is 3. The van der Waals surface area contributed by atoms with E-state index in [1.165, 1.54) is 0 Å². The molecule has 2 N–H and O–H groups in total. The van der Waals surface area contributed by atoms with Crippen LogP contribution in [-0.2, 0) is 11.2 Å². The lowest BCUT2D eigenvalue weighted by atomic mass is 10.3. The van der Waals surface area contributed by atoms with Crippen molar-refractivity contribution < 1.29 is 4.79 Å². The molecule has 1 amide bonds. The number of likely N-dealkylation sites (tertiary alicyclic amines) is 1. The van der Waals surface area contributed by atoms with Gasteiger partial charge in [0.05, 0.1) is 10.7 Å². The molecule has 1 aromatic rings. The van der Waals surface area contributed by atoms with Crippen LogP contribution in [0.1, 0.15) is 17.1 Å². The Morgan fingerprint density at radius 2 is 2.53 bits per heavy atom. The monoisotopic (exact) mass is 225 g/mol. The molecule has 0 radical (unpaired) electrons. The average molecular weight is 225 g/mol. The van der Waals surface area contributed by atoms with Gasteiger partial charge in [-0.1, -0.05) is 0 Å². The number of aromatic nitrogens is 1. The van der Waals surface area contributed by atoms with E-state index < -0.39 is 0 Å². The molecular weight excluding hydrogens is 210 g/mol. The molecule has 1 atom stereocenters. The molecule has 1 saturated heterocycles. The molecule has 4 nitrogen and oxygen atoms in total. The summed E-state index contributed by atoms with van der Waals surface area (Å²) >= 11 is 1.65. The van der Waals surface area contributed by atoms with Crippen LogP contribution in [0, 0.1) is 6.92 Å². The number of hydrogen-bond acceptors (Lipinski definition) is 4. The van der Waals surface area contributed by atoms with Gasteiger partial charge in [-0.05, 0) is 6.92 Å². The second-order valence-corrected chi connectivity index (χ2v) is 4.97. The average Bonchev–Trinajstić information content (AvgIpc) is 2.70. The minimum atomic E-state index is 0.0228. The van der Waals surface area contributed by atoms with Crippen LogP contribution < -0.4 is 5.73 Å². The van der Waals surface area contributed by atoms with E-state index >= 15 is 0 Å². The standard InChI is InChI=1S/C10H15N3OS/c1-7-12-9(6-15-7)2-3-13-5-8(11)4-10(13)14/h6,8H,2-5,11H2,1H3. The fraction of sp³-hybridized carbons (Fsp3) is 0.600. The van der Waals surface area contributed by atoms with Gasteiger partial charge >= 0.3 is 0 Å². The number of carbonyl (C=O) groups excluding carboxylic acids is 1. The van der Waals surface area contributed by atoms with Crippen molar-refractivity contribution in [3.8, 4) is 0 Å². The molecule has 1 fully saturated rings. The van der Waals surface area contributed by atoms with Crippen molar-refractivity contribution in [3.05, 3.63) is 16.1 Å². The van der Waals surface area contributed by atoms with Crippen LogP contribution in [0.4, 0.5) is 0 Å². The molecule has 0 aromatic carbocycles. The predicted octanol–water partition coefficient (Wildman–Crippen LogP) is 0.554. The van der Waals surface area contributed by atoms with Gasteiger partial charge in [0.2, 0.25) is 5.91 Å². The zero-order valence-electron chi connectivity index (χ0n) is 8.77. The van der Waals surface area contributed by atoms with E-state index in [9.17, 15) is 4.79 Å². The Labute approximate surface area is 93.1 Å². The number of nitrogens with zero attached hydrogens (tertiary/aromatic N) is 2. The molecule has 1 aromatic heterocycles. The Balaban J connectivity index is 1.86.